The van der Waals surface area contributed by atoms with E-state index >= 15 is 0 Å². The molecule has 1 aromatic heterocycles. The highest BCUT2D eigenvalue weighted by Crippen LogP contribution is 2.44. The van der Waals surface area contributed by atoms with Crippen molar-refractivity contribution in [2.45, 2.75) is 24.7 Å². The fourth-order valence-corrected chi connectivity index (χ4v) is 3.79. The van der Waals surface area contributed by atoms with Crippen LogP contribution in [0.2, 0.25) is 15.1 Å². The molecule has 0 fully saturated rings. The Hall–Kier alpha value is -2.42. The van der Waals surface area contributed by atoms with Gasteiger partial charge in [0.05, 0.1) is 16.1 Å². The van der Waals surface area contributed by atoms with Crippen molar-refractivity contribution in [3.63, 3.8) is 0 Å². The van der Waals surface area contributed by atoms with E-state index in [0.717, 1.165) is 4.68 Å². The van der Waals surface area contributed by atoms with Crippen LogP contribution in [0.5, 0.6) is 0 Å². The van der Waals surface area contributed by atoms with E-state index in [4.69, 9.17) is 34.8 Å². The first-order valence-electron chi connectivity index (χ1n) is 9.06. The Kier molecular flexibility index (Phi) is 5.81. The fraction of sp³-hybridized carbons (Fsp3) is 0.200. The maximum Gasteiger partial charge on any atom is 0.410 e. The van der Waals surface area contributed by atoms with Crippen LogP contribution in [0.25, 0.3) is 0 Å². The normalized spacial score (nSPS) is 18.3. The number of benzene rings is 2. The van der Waals surface area contributed by atoms with Crippen LogP contribution < -0.4 is 10.6 Å². The Balaban J connectivity index is 1.64. The highest BCUT2D eigenvalue weighted by Gasteiger charge is 2.46. The number of rotatable bonds is 3. The van der Waals surface area contributed by atoms with Gasteiger partial charge >= 0.3 is 6.18 Å². The van der Waals surface area contributed by atoms with Gasteiger partial charge in [0.1, 0.15) is 5.82 Å². The number of hydrogen-bond acceptors (Lipinski definition) is 3. The Labute approximate surface area is 190 Å². The summed E-state index contributed by atoms with van der Waals surface area (Å²) < 4.78 is 42.2. The Morgan fingerprint density at radius 2 is 1.77 bits per heavy atom. The van der Waals surface area contributed by atoms with Crippen molar-refractivity contribution in [3.05, 3.63) is 74.9 Å². The van der Waals surface area contributed by atoms with E-state index < -0.39 is 24.2 Å². The van der Waals surface area contributed by atoms with Crippen LogP contribution in [0.15, 0.2) is 48.5 Å². The SMILES string of the molecule is O=C(Nc1ccc(Cl)cc1)c1cc2n(n1)[C@H](C(F)(F)F)C[C@@H](c1ccc(Cl)c(Cl)c1)N2. The van der Waals surface area contributed by atoms with E-state index in [9.17, 15) is 18.0 Å². The van der Waals surface area contributed by atoms with Gasteiger partial charge in [0, 0.05) is 23.2 Å². The van der Waals surface area contributed by atoms with Crippen molar-refractivity contribution >= 4 is 52.2 Å². The first-order valence-corrected chi connectivity index (χ1v) is 10.2. The zero-order valence-electron chi connectivity index (χ0n) is 15.6. The summed E-state index contributed by atoms with van der Waals surface area (Å²) in [6.07, 6.45) is -4.89. The molecule has 1 aliphatic rings. The van der Waals surface area contributed by atoms with Crippen molar-refractivity contribution in [2.24, 2.45) is 0 Å². The van der Waals surface area contributed by atoms with Gasteiger partial charge in [-0.25, -0.2) is 4.68 Å². The average molecular weight is 490 g/mol. The molecular weight excluding hydrogens is 476 g/mol. The number of halogens is 6. The molecule has 11 heteroatoms. The molecule has 5 nitrogen and oxygen atoms in total. The van der Waals surface area contributed by atoms with Crippen LogP contribution in [0.1, 0.15) is 34.6 Å². The second kappa shape index (κ2) is 8.26. The molecule has 1 amide bonds. The topological polar surface area (TPSA) is 59.0 Å². The summed E-state index contributed by atoms with van der Waals surface area (Å²) in [5.74, 6) is -0.566. The Morgan fingerprint density at radius 1 is 1.06 bits per heavy atom. The Morgan fingerprint density at radius 3 is 2.42 bits per heavy atom. The Bertz CT molecular complexity index is 1130. The highest BCUT2D eigenvalue weighted by molar-refractivity contribution is 6.42. The lowest BCUT2D eigenvalue weighted by atomic mass is 9.97. The van der Waals surface area contributed by atoms with Gasteiger partial charge in [0.15, 0.2) is 11.7 Å². The molecule has 2 N–H and O–H groups in total. The number of carbonyl (C=O) groups excluding carboxylic acids is 1. The lowest BCUT2D eigenvalue weighted by molar-refractivity contribution is -0.173. The quantitative estimate of drug-likeness (QED) is 0.427. The number of carbonyl (C=O) groups is 1. The number of alkyl halides is 3. The molecule has 31 heavy (non-hydrogen) atoms. The van der Waals surface area contributed by atoms with Crippen LogP contribution in [0, 0.1) is 0 Å². The summed E-state index contributed by atoms with van der Waals surface area (Å²) in [7, 11) is 0. The minimum absolute atomic E-state index is 0.0749. The predicted molar refractivity (Wildman–Crippen MR) is 114 cm³/mol. The van der Waals surface area contributed by atoms with E-state index in [1.807, 2.05) is 0 Å². The van der Waals surface area contributed by atoms with E-state index in [1.54, 1.807) is 30.3 Å². The van der Waals surface area contributed by atoms with E-state index in [2.05, 4.69) is 15.7 Å². The van der Waals surface area contributed by atoms with Gasteiger partial charge in [0.25, 0.3) is 5.91 Å². The minimum Gasteiger partial charge on any atom is -0.363 e. The number of fused-ring (bicyclic) bond motifs is 1. The van der Waals surface area contributed by atoms with E-state index in [-0.39, 0.29) is 23.0 Å². The second-order valence-electron chi connectivity index (χ2n) is 6.98. The van der Waals surface area contributed by atoms with Crippen molar-refractivity contribution in [1.82, 2.24) is 9.78 Å². The predicted octanol–water partition coefficient (Wildman–Crippen LogP) is 6.76. The molecule has 2 aromatic carbocycles. The highest BCUT2D eigenvalue weighted by atomic mass is 35.5. The number of hydrogen-bond donors (Lipinski definition) is 2. The third kappa shape index (κ3) is 4.61. The second-order valence-corrected chi connectivity index (χ2v) is 8.23. The van der Waals surface area contributed by atoms with Crippen molar-refractivity contribution in [1.29, 1.82) is 0 Å². The standard InChI is InChI=1S/C20H14Cl3F3N4O/c21-11-2-4-12(5-3-11)27-19(31)16-9-18-28-15(10-1-6-13(22)14(23)7-10)8-17(20(24,25)26)30(18)29-16/h1-7,9,15,17,28H,8H2,(H,27,31)/t15-,17-/m0/s1. The van der Waals surface area contributed by atoms with Gasteiger partial charge in [-0.1, -0.05) is 40.9 Å². The molecule has 0 saturated heterocycles. The first-order chi connectivity index (χ1) is 14.6. The minimum atomic E-state index is -4.57. The summed E-state index contributed by atoms with van der Waals surface area (Å²) in [6, 6.07) is 9.65. The van der Waals surface area contributed by atoms with Gasteiger partial charge in [-0.15, -0.1) is 0 Å². The third-order valence-corrected chi connectivity index (χ3v) is 5.86. The molecule has 3 aromatic rings. The molecule has 4 rings (SSSR count). The molecule has 0 spiro atoms. The monoisotopic (exact) mass is 488 g/mol. The molecule has 0 radical (unpaired) electrons. The van der Waals surface area contributed by atoms with Crippen LogP contribution in [-0.2, 0) is 0 Å². The first kappa shape index (κ1) is 21.8. The number of nitrogens with one attached hydrogen (secondary N) is 2. The van der Waals surface area contributed by atoms with Gasteiger partial charge < -0.3 is 10.6 Å². The summed E-state index contributed by atoms with van der Waals surface area (Å²) >= 11 is 17.8. The summed E-state index contributed by atoms with van der Waals surface area (Å²) in [5.41, 5.74) is 0.833. The van der Waals surface area contributed by atoms with Crippen LogP contribution in [0.3, 0.4) is 0 Å². The van der Waals surface area contributed by atoms with Crippen LogP contribution >= 0.6 is 34.8 Å². The van der Waals surface area contributed by atoms with E-state index in [1.165, 1.54) is 18.2 Å². The molecular formula is C20H14Cl3F3N4O. The molecule has 0 bridgehead atoms. The molecule has 0 unspecified atom stereocenters. The smallest absolute Gasteiger partial charge is 0.363 e. The van der Waals surface area contributed by atoms with Crippen molar-refractivity contribution < 1.29 is 18.0 Å². The van der Waals surface area contributed by atoms with Crippen LogP contribution in [0.4, 0.5) is 24.7 Å². The average Bonchev–Trinajstić information content (AvgIpc) is 3.14. The number of aromatic nitrogens is 2. The number of amides is 1. The molecule has 2 atom stereocenters. The lowest BCUT2D eigenvalue weighted by Crippen LogP contribution is -2.35. The van der Waals surface area contributed by atoms with Gasteiger partial charge in [-0.2, -0.15) is 18.3 Å². The third-order valence-electron chi connectivity index (χ3n) is 4.87. The van der Waals surface area contributed by atoms with Gasteiger partial charge in [0.2, 0.25) is 0 Å². The molecule has 0 saturated carbocycles. The fourth-order valence-electron chi connectivity index (χ4n) is 3.36. The molecule has 2 heterocycles. The lowest BCUT2D eigenvalue weighted by Gasteiger charge is -2.33. The van der Waals surface area contributed by atoms with Crippen molar-refractivity contribution in [3.8, 4) is 0 Å². The largest absolute Gasteiger partial charge is 0.410 e. The summed E-state index contributed by atoms with van der Waals surface area (Å²) in [6.45, 7) is 0. The van der Waals surface area contributed by atoms with Gasteiger partial charge in [-0.3, -0.25) is 4.79 Å². The molecule has 162 valence electrons. The molecule has 1 aliphatic heterocycles. The number of nitrogens with zero attached hydrogens (tertiary/aromatic N) is 2. The summed E-state index contributed by atoms with van der Waals surface area (Å²) in [4.78, 5) is 12.5. The zero-order valence-corrected chi connectivity index (χ0v) is 17.8. The summed E-state index contributed by atoms with van der Waals surface area (Å²) in [5, 5.41) is 10.6. The number of anilines is 2. The maximum absolute atomic E-state index is 13.8. The zero-order chi connectivity index (χ0) is 22.3. The van der Waals surface area contributed by atoms with Crippen molar-refractivity contribution in [2.75, 3.05) is 10.6 Å². The van der Waals surface area contributed by atoms with E-state index in [0.29, 0.717) is 21.3 Å². The molecule has 0 aliphatic carbocycles. The van der Waals surface area contributed by atoms with Gasteiger partial charge in [-0.05, 0) is 42.0 Å². The van der Waals surface area contributed by atoms with Crippen LogP contribution in [-0.4, -0.2) is 21.9 Å². The maximum atomic E-state index is 13.8.